The number of aromatic nitrogens is 3. The summed E-state index contributed by atoms with van der Waals surface area (Å²) in [6.07, 6.45) is 0. The highest BCUT2D eigenvalue weighted by Crippen LogP contribution is 2.33. The van der Waals surface area contributed by atoms with E-state index in [0.717, 1.165) is 33.4 Å². The van der Waals surface area contributed by atoms with Gasteiger partial charge in [0.15, 0.2) is 0 Å². The summed E-state index contributed by atoms with van der Waals surface area (Å²) in [7, 11) is 0. The zero-order chi connectivity index (χ0) is 18.3. The second-order valence-corrected chi connectivity index (χ2v) is 7.22. The van der Waals surface area contributed by atoms with Gasteiger partial charge in [0, 0.05) is 5.02 Å². The molecule has 1 heterocycles. The van der Waals surface area contributed by atoms with Crippen molar-refractivity contribution in [2.24, 2.45) is 0 Å². The molecule has 4 nitrogen and oxygen atoms in total. The van der Waals surface area contributed by atoms with E-state index >= 15 is 0 Å². The van der Waals surface area contributed by atoms with Crippen molar-refractivity contribution >= 4 is 22.6 Å². The van der Waals surface area contributed by atoms with E-state index in [1.807, 2.05) is 60.7 Å². The van der Waals surface area contributed by atoms with Crippen molar-refractivity contribution < 1.29 is 5.11 Å². The van der Waals surface area contributed by atoms with Gasteiger partial charge in [0.05, 0.1) is 16.8 Å². The summed E-state index contributed by atoms with van der Waals surface area (Å²) in [5, 5.41) is 19.7. The molecule has 0 saturated carbocycles. The largest absolute Gasteiger partial charge is 0.386 e. The second kappa shape index (κ2) is 6.24. The molecule has 130 valence electrons. The maximum Gasteiger partial charge on any atom is 0.113 e. The summed E-state index contributed by atoms with van der Waals surface area (Å²) in [6, 6.07) is 21.4. The van der Waals surface area contributed by atoms with E-state index in [1.54, 1.807) is 18.5 Å². The molecule has 0 unspecified atom stereocenters. The van der Waals surface area contributed by atoms with Crippen LogP contribution in [0.1, 0.15) is 19.4 Å². The predicted octanol–water partition coefficient (Wildman–Crippen LogP) is 4.97. The van der Waals surface area contributed by atoms with Gasteiger partial charge in [0.1, 0.15) is 5.52 Å². The van der Waals surface area contributed by atoms with Gasteiger partial charge in [-0.15, -0.1) is 5.10 Å². The topological polar surface area (TPSA) is 50.9 Å². The highest BCUT2D eigenvalue weighted by molar-refractivity contribution is 6.30. The first kappa shape index (κ1) is 16.8. The highest BCUT2D eigenvalue weighted by atomic mass is 35.5. The van der Waals surface area contributed by atoms with Gasteiger partial charge in [-0.1, -0.05) is 47.1 Å². The lowest BCUT2D eigenvalue weighted by atomic mass is 9.89. The van der Waals surface area contributed by atoms with Crippen LogP contribution >= 0.6 is 11.6 Å². The fourth-order valence-electron chi connectivity index (χ4n) is 3.13. The third-order valence-electron chi connectivity index (χ3n) is 4.41. The number of aliphatic hydroxyl groups is 1. The lowest BCUT2D eigenvalue weighted by molar-refractivity contribution is 0.0792. The monoisotopic (exact) mass is 363 g/mol. The van der Waals surface area contributed by atoms with Gasteiger partial charge >= 0.3 is 0 Å². The molecule has 0 amide bonds. The van der Waals surface area contributed by atoms with Gasteiger partial charge in [0.2, 0.25) is 0 Å². The minimum absolute atomic E-state index is 0.679. The summed E-state index contributed by atoms with van der Waals surface area (Å²) in [5.41, 5.74) is 4.55. The molecule has 0 aliphatic carbocycles. The number of hydrogen-bond donors (Lipinski definition) is 1. The molecule has 0 fully saturated rings. The van der Waals surface area contributed by atoms with Crippen LogP contribution in [0.15, 0.2) is 66.7 Å². The SMILES string of the molecule is CC(C)(O)c1ccccc1-c1ccc2nnn(-c3ccc(Cl)cc3)c2c1. The summed E-state index contributed by atoms with van der Waals surface area (Å²) in [5.74, 6) is 0. The Morgan fingerprint density at radius 1 is 0.962 bits per heavy atom. The fourth-order valence-corrected chi connectivity index (χ4v) is 3.25. The Morgan fingerprint density at radius 3 is 2.42 bits per heavy atom. The van der Waals surface area contributed by atoms with E-state index in [0.29, 0.717) is 5.02 Å². The van der Waals surface area contributed by atoms with Gasteiger partial charge < -0.3 is 5.11 Å². The number of fused-ring (bicyclic) bond motifs is 1. The van der Waals surface area contributed by atoms with Crippen molar-refractivity contribution in [3.8, 4) is 16.8 Å². The van der Waals surface area contributed by atoms with Crippen LogP contribution in [-0.2, 0) is 5.60 Å². The fraction of sp³-hybridized carbons (Fsp3) is 0.143. The lowest BCUT2D eigenvalue weighted by Gasteiger charge is -2.21. The molecular weight excluding hydrogens is 346 g/mol. The zero-order valence-electron chi connectivity index (χ0n) is 14.5. The molecule has 1 aromatic heterocycles. The molecule has 5 heteroatoms. The molecule has 1 N–H and O–H groups in total. The maximum atomic E-state index is 10.5. The number of rotatable bonds is 3. The summed E-state index contributed by atoms with van der Waals surface area (Å²) >= 11 is 5.99. The van der Waals surface area contributed by atoms with Crippen molar-refractivity contribution in [2.45, 2.75) is 19.4 Å². The van der Waals surface area contributed by atoms with Crippen molar-refractivity contribution in [3.05, 3.63) is 77.3 Å². The van der Waals surface area contributed by atoms with E-state index in [9.17, 15) is 5.11 Å². The van der Waals surface area contributed by atoms with Crippen molar-refractivity contribution in [1.82, 2.24) is 15.0 Å². The second-order valence-electron chi connectivity index (χ2n) is 6.79. The Labute approximate surface area is 156 Å². The first-order chi connectivity index (χ1) is 12.4. The molecule has 0 atom stereocenters. The van der Waals surface area contributed by atoms with Crippen LogP contribution in [0.4, 0.5) is 0 Å². The zero-order valence-corrected chi connectivity index (χ0v) is 15.3. The Balaban J connectivity index is 1.89. The van der Waals surface area contributed by atoms with Crippen LogP contribution < -0.4 is 0 Å². The van der Waals surface area contributed by atoms with Crippen LogP contribution in [0.2, 0.25) is 5.02 Å². The third kappa shape index (κ3) is 2.98. The molecule has 26 heavy (non-hydrogen) atoms. The van der Waals surface area contributed by atoms with Crippen molar-refractivity contribution in [1.29, 1.82) is 0 Å². The molecule has 0 bridgehead atoms. The first-order valence-electron chi connectivity index (χ1n) is 8.37. The smallest absolute Gasteiger partial charge is 0.113 e. The Bertz CT molecular complexity index is 1080. The third-order valence-corrected chi connectivity index (χ3v) is 4.67. The average Bonchev–Trinajstić information content (AvgIpc) is 3.05. The van der Waals surface area contributed by atoms with Gasteiger partial charge in [-0.3, -0.25) is 0 Å². The van der Waals surface area contributed by atoms with Gasteiger partial charge in [-0.05, 0) is 66.9 Å². The maximum absolute atomic E-state index is 10.5. The number of halogens is 1. The molecule has 4 aromatic rings. The first-order valence-corrected chi connectivity index (χ1v) is 8.75. The summed E-state index contributed by atoms with van der Waals surface area (Å²) in [6.45, 7) is 3.59. The average molecular weight is 364 g/mol. The number of nitrogens with zero attached hydrogens (tertiary/aromatic N) is 3. The Morgan fingerprint density at radius 2 is 1.69 bits per heavy atom. The molecule has 0 spiro atoms. The standard InChI is InChI=1S/C21H18ClN3O/c1-21(2,26)18-6-4-3-5-17(18)14-7-12-19-20(13-14)25(24-23-19)16-10-8-15(22)9-11-16/h3-13,26H,1-2H3. The van der Waals surface area contributed by atoms with Crippen molar-refractivity contribution in [3.63, 3.8) is 0 Å². The van der Waals surface area contributed by atoms with Crippen molar-refractivity contribution in [2.75, 3.05) is 0 Å². The lowest BCUT2D eigenvalue weighted by Crippen LogP contribution is -2.16. The van der Waals surface area contributed by atoms with Crippen LogP contribution in [-0.4, -0.2) is 20.1 Å². The quantitative estimate of drug-likeness (QED) is 0.559. The molecule has 0 saturated heterocycles. The van der Waals surface area contributed by atoms with Crippen LogP contribution in [0.25, 0.3) is 27.8 Å². The van der Waals surface area contributed by atoms with Gasteiger partial charge in [0.25, 0.3) is 0 Å². The minimum atomic E-state index is -0.930. The van der Waals surface area contributed by atoms with Gasteiger partial charge in [-0.25, -0.2) is 4.68 Å². The van der Waals surface area contributed by atoms with Crippen LogP contribution in [0.3, 0.4) is 0 Å². The Kier molecular flexibility index (Phi) is 4.02. The van der Waals surface area contributed by atoms with Crippen LogP contribution in [0, 0.1) is 0 Å². The van der Waals surface area contributed by atoms with E-state index in [4.69, 9.17) is 11.6 Å². The Hall–Kier alpha value is -2.69. The summed E-state index contributed by atoms with van der Waals surface area (Å²) in [4.78, 5) is 0. The molecule has 3 aromatic carbocycles. The summed E-state index contributed by atoms with van der Waals surface area (Å²) < 4.78 is 1.79. The molecule has 0 aliphatic heterocycles. The molecule has 0 radical (unpaired) electrons. The van der Waals surface area contributed by atoms with E-state index < -0.39 is 5.60 Å². The highest BCUT2D eigenvalue weighted by Gasteiger charge is 2.20. The molecule has 4 rings (SSSR count). The molecule has 0 aliphatic rings. The van der Waals surface area contributed by atoms with E-state index in [2.05, 4.69) is 16.4 Å². The van der Waals surface area contributed by atoms with E-state index in [-0.39, 0.29) is 0 Å². The predicted molar refractivity (Wildman–Crippen MR) is 105 cm³/mol. The number of hydrogen-bond acceptors (Lipinski definition) is 3. The minimum Gasteiger partial charge on any atom is -0.386 e. The van der Waals surface area contributed by atoms with Crippen LogP contribution in [0.5, 0.6) is 0 Å². The number of benzene rings is 3. The van der Waals surface area contributed by atoms with Gasteiger partial charge in [-0.2, -0.15) is 0 Å². The molecular formula is C21H18ClN3O. The van der Waals surface area contributed by atoms with E-state index in [1.165, 1.54) is 0 Å². The normalized spacial score (nSPS) is 11.8.